The molecule has 236 valence electrons. The third-order valence-corrected chi connectivity index (χ3v) is 7.59. The first-order chi connectivity index (χ1) is 21.4. The number of fused-ring (bicyclic) bond motifs is 1. The number of primary amides is 1. The van der Waals surface area contributed by atoms with Gasteiger partial charge in [0.25, 0.3) is 0 Å². The van der Waals surface area contributed by atoms with Crippen LogP contribution in [0.4, 0.5) is 0 Å². The SMILES string of the molecule is NC(=O)[C@H](Cc1c[nH]c2ccccc12)NC(=O)C(CCC(=O)O)NC(=O)C(Cc1ccc(OP(=O)(O)O)cc1)c1ccccc1. The van der Waals surface area contributed by atoms with Gasteiger partial charge in [0.2, 0.25) is 17.7 Å². The van der Waals surface area contributed by atoms with Crippen molar-refractivity contribution in [2.45, 2.75) is 43.7 Å². The van der Waals surface area contributed by atoms with Gasteiger partial charge in [0, 0.05) is 29.9 Å². The van der Waals surface area contributed by atoms with E-state index in [1.165, 1.54) is 12.1 Å². The van der Waals surface area contributed by atoms with Gasteiger partial charge in [-0.25, -0.2) is 4.57 Å². The van der Waals surface area contributed by atoms with Crippen molar-refractivity contribution in [3.8, 4) is 5.75 Å². The molecule has 3 aromatic carbocycles. The Kier molecular flexibility index (Phi) is 10.7. The number of hydrogen-bond acceptors (Lipinski definition) is 6. The summed E-state index contributed by atoms with van der Waals surface area (Å²) in [6, 6.07) is 19.5. The van der Waals surface area contributed by atoms with Gasteiger partial charge in [-0.3, -0.25) is 29.0 Å². The number of H-pyrrole nitrogens is 1. The molecule has 1 aromatic heterocycles. The summed E-state index contributed by atoms with van der Waals surface area (Å²) in [4.78, 5) is 72.1. The zero-order valence-electron chi connectivity index (χ0n) is 24.0. The summed E-state index contributed by atoms with van der Waals surface area (Å²) in [6.07, 6.45) is 1.23. The maximum atomic E-state index is 13.7. The molecule has 1 heterocycles. The second kappa shape index (κ2) is 14.7. The van der Waals surface area contributed by atoms with Gasteiger partial charge in [0.05, 0.1) is 5.92 Å². The summed E-state index contributed by atoms with van der Waals surface area (Å²) in [6.45, 7) is 0. The number of phosphoric ester groups is 1. The van der Waals surface area contributed by atoms with Gasteiger partial charge in [-0.1, -0.05) is 60.7 Å². The molecule has 0 saturated heterocycles. The fraction of sp³-hybridized carbons (Fsp3) is 0.226. The van der Waals surface area contributed by atoms with Crippen LogP contribution in [0, 0.1) is 0 Å². The molecule has 3 atom stereocenters. The highest BCUT2D eigenvalue weighted by Gasteiger charge is 2.30. The number of aromatic nitrogens is 1. The van der Waals surface area contributed by atoms with Crippen LogP contribution in [0.3, 0.4) is 0 Å². The lowest BCUT2D eigenvalue weighted by Crippen LogP contribution is -2.54. The molecule has 8 N–H and O–H groups in total. The average molecular weight is 637 g/mol. The number of hydrogen-bond donors (Lipinski definition) is 7. The van der Waals surface area contributed by atoms with Crippen molar-refractivity contribution in [1.29, 1.82) is 0 Å². The molecule has 0 fully saturated rings. The van der Waals surface area contributed by atoms with Gasteiger partial charge in [-0.2, -0.15) is 0 Å². The zero-order valence-corrected chi connectivity index (χ0v) is 24.9. The van der Waals surface area contributed by atoms with Gasteiger partial charge in [-0.05, 0) is 47.7 Å². The van der Waals surface area contributed by atoms with Crippen molar-refractivity contribution >= 4 is 42.4 Å². The van der Waals surface area contributed by atoms with Crippen molar-refractivity contribution in [3.63, 3.8) is 0 Å². The lowest BCUT2D eigenvalue weighted by molar-refractivity contribution is -0.138. The second-order valence-electron chi connectivity index (χ2n) is 10.4. The summed E-state index contributed by atoms with van der Waals surface area (Å²) in [5.41, 5.74) is 8.43. The number of carboxylic acid groups (broad SMARTS) is 1. The normalized spacial score (nSPS) is 13.4. The molecule has 4 rings (SSSR count). The Bertz CT molecular complexity index is 1700. The monoisotopic (exact) mass is 636 g/mol. The highest BCUT2D eigenvalue weighted by Crippen LogP contribution is 2.37. The quantitative estimate of drug-likeness (QED) is 0.0952. The molecule has 13 nitrogen and oxygen atoms in total. The van der Waals surface area contributed by atoms with Gasteiger partial charge in [-0.15, -0.1) is 0 Å². The number of nitrogens with two attached hydrogens (primary N) is 1. The van der Waals surface area contributed by atoms with Gasteiger partial charge >= 0.3 is 13.8 Å². The Morgan fingerprint density at radius 2 is 1.49 bits per heavy atom. The smallest absolute Gasteiger partial charge is 0.481 e. The van der Waals surface area contributed by atoms with Crippen LogP contribution in [-0.4, -0.2) is 55.7 Å². The van der Waals surface area contributed by atoms with Crippen molar-refractivity contribution < 1.29 is 43.2 Å². The predicted octanol–water partition coefficient (Wildman–Crippen LogP) is 2.53. The Balaban J connectivity index is 1.53. The van der Waals surface area contributed by atoms with Crippen LogP contribution in [0.1, 0.15) is 35.4 Å². The fourth-order valence-electron chi connectivity index (χ4n) is 4.93. The van der Waals surface area contributed by atoms with Crippen LogP contribution in [0.15, 0.2) is 85.1 Å². The maximum Gasteiger partial charge on any atom is 0.524 e. The first kappa shape index (κ1) is 32.9. The number of aliphatic carboxylic acids is 1. The van der Waals surface area contributed by atoms with E-state index in [0.29, 0.717) is 11.1 Å². The molecule has 0 bridgehead atoms. The van der Waals surface area contributed by atoms with Crippen LogP contribution >= 0.6 is 7.82 Å². The molecule has 0 aliphatic rings. The summed E-state index contributed by atoms with van der Waals surface area (Å²) in [7, 11) is -4.75. The Morgan fingerprint density at radius 1 is 0.844 bits per heavy atom. The first-order valence-corrected chi connectivity index (χ1v) is 15.5. The van der Waals surface area contributed by atoms with E-state index in [-0.39, 0.29) is 25.0 Å². The number of rotatable bonds is 15. The number of carbonyl (C=O) groups is 4. The molecule has 0 spiro atoms. The minimum Gasteiger partial charge on any atom is -0.481 e. The molecule has 0 aliphatic heterocycles. The third kappa shape index (κ3) is 9.51. The molecule has 2 unspecified atom stereocenters. The van der Waals surface area contributed by atoms with E-state index in [0.717, 1.165) is 16.5 Å². The summed E-state index contributed by atoms with van der Waals surface area (Å²) in [5.74, 6) is -4.21. The van der Waals surface area contributed by atoms with E-state index in [9.17, 15) is 28.8 Å². The number of nitrogens with one attached hydrogen (secondary N) is 3. The predicted molar refractivity (Wildman–Crippen MR) is 164 cm³/mol. The van der Waals surface area contributed by atoms with Crippen molar-refractivity contribution in [2.75, 3.05) is 0 Å². The standard InChI is InChI=1S/C31H33N4O9P/c32-29(38)27(17-21-18-33-25-9-5-4-8-23(21)25)35-31(40)26(14-15-28(36)37)34-30(39)24(20-6-2-1-3-7-20)16-19-10-12-22(13-11-19)44-45(41,42)43/h1-13,18,24,26-27,33H,14-17H2,(H2,32,38)(H,34,39)(H,35,40)(H,36,37)(H2,41,42,43)/t24?,26?,27-/m0/s1. The van der Waals surface area contributed by atoms with Crippen LogP contribution in [0.25, 0.3) is 10.9 Å². The maximum absolute atomic E-state index is 13.7. The largest absolute Gasteiger partial charge is 0.524 e. The minimum atomic E-state index is -4.75. The van der Waals surface area contributed by atoms with Crippen molar-refractivity contribution in [1.82, 2.24) is 15.6 Å². The van der Waals surface area contributed by atoms with E-state index >= 15 is 0 Å². The van der Waals surface area contributed by atoms with Gasteiger partial charge in [0.15, 0.2) is 0 Å². The third-order valence-electron chi connectivity index (χ3n) is 7.14. The summed E-state index contributed by atoms with van der Waals surface area (Å²) < 4.78 is 15.7. The Labute approximate surface area is 258 Å². The Morgan fingerprint density at radius 3 is 2.13 bits per heavy atom. The lowest BCUT2D eigenvalue weighted by atomic mass is 9.90. The van der Waals surface area contributed by atoms with Crippen LogP contribution in [-0.2, 0) is 36.6 Å². The molecule has 0 saturated carbocycles. The summed E-state index contributed by atoms with van der Waals surface area (Å²) >= 11 is 0. The zero-order chi connectivity index (χ0) is 32.6. The Hall–Kier alpha value is -4.97. The number of aromatic amines is 1. The van der Waals surface area contributed by atoms with E-state index in [4.69, 9.17) is 15.5 Å². The van der Waals surface area contributed by atoms with E-state index in [2.05, 4.69) is 20.1 Å². The molecule has 0 radical (unpaired) electrons. The van der Waals surface area contributed by atoms with Gasteiger partial charge < -0.3 is 31.0 Å². The highest BCUT2D eigenvalue weighted by atomic mass is 31.2. The van der Waals surface area contributed by atoms with Crippen LogP contribution < -0.4 is 20.9 Å². The number of phosphoric acid groups is 1. The molecular formula is C31H33N4O9P. The van der Waals surface area contributed by atoms with Crippen LogP contribution in [0.5, 0.6) is 5.75 Å². The summed E-state index contributed by atoms with van der Waals surface area (Å²) in [5, 5.41) is 15.4. The highest BCUT2D eigenvalue weighted by molar-refractivity contribution is 7.46. The van der Waals surface area contributed by atoms with E-state index < -0.39 is 55.9 Å². The number of para-hydroxylation sites is 1. The molecule has 4 aromatic rings. The topological polar surface area (TPSA) is 221 Å². The first-order valence-electron chi connectivity index (χ1n) is 14.0. The molecule has 45 heavy (non-hydrogen) atoms. The average Bonchev–Trinajstić information content (AvgIpc) is 3.40. The molecular weight excluding hydrogens is 603 g/mol. The molecule has 14 heteroatoms. The van der Waals surface area contributed by atoms with Gasteiger partial charge in [0.1, 0.15) is 17.8 Å². The number of amides is 3. The number of carbonyl (C=O) groups excluding carboxylic acids is 3. The fourth-order valence-corrected chi connectivity index (χ4v) is 5.33. The lowest BCUT2D eigenvalue weighted by Gasteiger charge is -2.24. The number of carboxylic acids is 1. The van der Waals surface area contributed by atoms with E-state index in [1.54, 1.807) is 48.7 Å². The number of benzene rings is 3. The van der Waals surface area contributed by atoms with E-state index in [1.807, 2.05) is 24.3 Å². The minimum absolute atomic E-state index is 0.0603. The second-order valence-corrected chi connectivity index (χ2v) is 11.6. The van der Waals surface area contributed by atoms with Crippen LogP contribution in [0.2, 0.25) is 0 Å². The molecule has 3 amide bonds. The van der Waals surface area contributed by atoms with Crippen molar-refractivity contribution in [3.05, 3.63) is 102 Å². The molecule has 0 aliphatic carbocycles. The van der Waals surface area contributed by atoms with Crippen molar-refractivity contribution in [2.24, 2.45) is 5.73 Å².